The van der Waals surface area contributed by atoms with Crippen molar-refractivity contribution in [3.63, 3.8) is 0 Å². The minimum Gasteiger partial charge on any atom is -0.493 e. The molecule has 0 bridgehead atoms. The maximum atomic E-state index is 13.0. The van der Waals surface area contributed by atoms with Crippen molar-refractivity contribution in [2.75, 3.05) is 46.4 Å². The minimum absolute atomic E-state index is 0.259. The minimum atomic E-state index is 0.259. The third kappa shape index (κ3) is 7.18. The van der Waals surface area contributed by atoms with E-state index in [1.807, 2.05) is 11.9 Å². The average molecular weight is 518 g/mol. The smallest absolute Gasteiger partial charge is 0.222 e. The van der Waals surface area contributed by atoms with E-state index in [0.717, 1.165) is 31.7 Å². The molecule has 206 valence electrons. The first-order valence-corrected chi connectivity index (χ1v) is 15.1. The molecule has 0 atom stereocenters. The molecular weight excluding hydrogens is 470 g/mol. The predicted molar refractivity (Wildman–Crippen MR) is 154 cm³/mol. The second-order valence-corrected chi connectivity index (χ2v) is 12.0. The van der Waals surface area contributed by atoms with Crippen LogP contribution in [0.1, 0.15) is 68.9 Å². The number of aryl methyl sites for hydroxylation is 1. The van der Waals surface area contributed by atoms with E-state index in [0.29, 0.717) is 19.1 Å². The first-order valence-electron chi connectivity index (χ1n) is 15.1. The van der Waals surface area contributed by atoms with Crippen molar-refractivity contribution in [1.82, 2.24) is 14.7 Å². The molecule has 0 aliphatic carbocycles. The molecule has 3 aliphatic heterocycles. The molecule has 2 aromatic rings. The number of likely N-dealkylation sites (tertiary alicyclic amines) is 2. The molecule has 1 amide bonds. The molecule has 0 N–H and O–H groups in total. The van der Waals surface area contributed by atoms with E-state index in [9.17, 15) is 4.79 Å². The molecule has 0 unspecified atom stereocenters. The molecule has 0 radical (unpaired) electrons. The summed E-state index contributed by atoms with van der Waals surface area (Å²) in [5, 5.41) is 0. The molecule has 0 saturated carbocycles. The highest BCUT2D eigenvalue weighted by molar-refractivity contribution is 5.75. The van der Waals surface area contributed by atoms with Crippen molar-refractivity contribution in [2.45, 2.75) is 76.8 Å². The van der Waals surface area contributed by atoms with Gasteiger partial charge in [-0.3, -0.25) is 9.69 Å². The number of ether oxygens (including phenoxy) is 1. The van der Waals surface area contributed by atoms with Gasteiger partial charge in [-0.2, -0.15) is 0 Å². The van der Waals surface area contributed by atoms with Crippen molar-refractivity contribution in [3.8, 4) is 5.75 Å². The normalized spacial score (nSPS) is 23.0. The Morgan fingerprint density at radius 3 is 2.37 bits per heavy atom. The Kier molecular flexibility index (Phi) is 9.40. The van der Waals surface area contributed by atoms with Crippen LogP contribution in [0.4, 0.5) is 0 Å². The highest BCUT2D eigenvalue weighted by Crippen LogP contribution is 2.39. The van der Waals surface area contributed by atoms with Gasteiger partial charge in [0.2, 0.25) is 5.91 Å². The summed E-state index contributed by atoms with van der Waals surface area (Å²) in [5.41, 5.74) is 3.00. The Bertz CT molecular complexity index is 1010. The van der Waals surface area contributed by atoms with Crippen LogP contribution in [0.5, 0.6) is 5.75 Å². The van der Waals surface area contributed by atoms with E-state index in [1.165, 1.54) is 82.3 Å². The number of benzene rings is 2. The fourth-order valence-electron chi connectivity index (χ4n) is 6.99. The summed E-state index contributed by atoms with van der Waals surface area (Å²) in [4.78, 5) is 20.4. The summed E-state index contributed by atoms with van der Waals surface area (Å²) in [5.74, 6) is 1.27. The number of amides is 1. The van der Waals surface area contributed by atoms with Gasteiger partial charge in [-0.25, -0.2) is 0 Å². The number of para-hydroxylation sites is 1. The standard InChI is InChI=1S/C33H47N3O2/c1-34-27-33(18-8-7-13-29-12-5-6-14-31(29)38-25-9-15-32(34)37)19-23-36(24-20-33)30-16-21-35(22-17-30)26-28-10-3-2-4-11-28/h2-6,10-12,14,30H,7-9,13,15-27H2,1H3. The van der Waals surface area contributed by atoms with Crippen LogP contribution < -0.4 is 4.74 Å². The van der Waals surface area contributed by atoms with Gasteiger partial charge >= 0.3 is 0 Å². The quantitative estimate of drug-likeness (QED) is 0.517. The average Bonchev–Trinajstić information content (AvgIpc) is 2.95. The summed E-state index contributed by atoms with van der Waals surface area (Å²) < 4.78 is 6.05. The summed E-state index contributed by atoms with van der Waals surface area (Å²) in [7, 11) is 2.03. The van der Waals surface area contributed by atoms with Gasteiger partial charge in [0.15, 0.2) is 0 Å². The number of hydrogen-bond acceptors (Lipinski definition) is 4. The van der Waals surface area contributed by atoms with Gasteiger partial charge in [-0.1, -0.05) is 55.0 Å². The van der Waals surface area contributed by atoms with Crippen molar-refractivity contribution in [1.29, 1.82) is 0 Å². The molecule has 1 spiro atoms. The van der Waals surface area contributed by atoms with Crippen LogP contribution in [0.15, 0.2) is 54.6 Å². The maximum absolute atomic E-state index is 13.0. The number of piperidine rings is 2. The van der Waals surface area contributed by atoms with Gasteiger partial charge in [-0.05, 0) is 100 Å². The summed E-state index contributed by atoms with van der Waals surface area (Å²) >= 11 is 0. The zero-order valence-electron chi connectivity index (χ0n) is 23.5. The molecule has 5 heteroatoms. The Labute approximate surface area is 230 Å². The molecule has 2 saturated heterocycles. The first kappa shape index (κ1) is 27.2. The van der Waals surface area contributed by atoms with Crippen LogP contribution >= 0.6 is 0 Å². The highest BCUT2D eigenvalue weighted by atomic mass is 16.5. The van der Waals surface area contributed by atoms with E-state index in [-0.39, 0.29) is 11.3 Å². The molecule has 5 rings (SSSR count). The van der Waals surface area contributed by atoms with Gasteiger partial charge in [-0.15, -0.1) is 0 Å². The first-order chi connectivity index (χ1) is 18.6. The summed E-state index contributed by atoms with van der Waals surface area (Å²) in [6.45, 7) is 7.36. The van der Waals surface area contributed by atoms with Gasteiger partial charge in [0.25, 0.3) is 0 Å². The number of nitrogens with zero attached hydrogens (tertiary/aromatic N) is 3. The van der Waals surface area contributed by atoms with Crippen molar-refractivity contribution < 1.29 is 9.53 Å². The second-order valence-electron chi connectivity index (χ2n) is 12.0. The SMILES string of the molecule is CN1CC2(CCCCc3ccccc3OCCCC1=O)CCN(C1CCN(Cc3ccccc3)CC1)CC2. The lowest BCUT2D eigenvalue weighted by molar-refractivity contribution is -0.132. The van der Waals surface area contributed by atoms with Crippen LogP contribution in [-0.2, 0) is 17.8 Å². The van der Waals surface area contributed by atoms with E-state index >= 15 is 0 Å². The van der Waals surface area contributed by atoms with Gasteiger partial charge in [0.1, 0.15) is 5.75 Å². The van der Waals surface area contributed by atoms with Gasteiger partial charge in [0.05, 0.1) is 6.61 Å². The lowest BCUT2D eigenvalue weighted by Crippen LogP contribution is -2.52. The maximum Gasteiger partial charge on any atom is 0.222 e. The molecule has 2 aromatic carbocycles. The Balaban J connectivity index is 1.16. The Hall–Kier alpha value is -2.37. The summed E-state index contributed by atoms with van der Waals surface area (Å²) in [6, 6.07) is 20.1. The monoisotopic (exact) mass is 517 g/mol. The Morgan fingerprint density at radius 2 is 1.58 bits per heavy atom. The van der Waals surface area contributed by atoms with E-state index in [1.54, 1.807) is 0 Å². The van der Waals surface area contributed by atoms with E-state index in [2.05, 4.69) is 64.4 Å². The number of fused-ring (bicyclic) bond motifs is 1. The molecule has 0 aromatic heterocycles. The topological polar surface area (TPSA) is 36.0 Å². The van der Waals surface area contributed by atoms with Crippen LogP contribution in [-0.4, -0.2) is 73.0 Å². The van der Waals surface area contributed by atoms with Crippen LogP contribution in [0.3, 0.4) is 0 Å². The zero-order chi connectivity index (χ0) is 26.2. The molecule has 38 heavy (non-hydrogen) atoms. The predicted octanol–water partition coefficient (Wildman–Crippen LogP) is 5.78. The third-order valence-electron chi connectivity index (χ3n) is 9.35. The molecular formula is C33H47N3O2. The number of carbonyl (C=O) groups excluding carboxylic acids is 1. The van der Waals surface area contributed by atoms with Crippen molar-refractivity contribution in [2.24, 2.45) is 5.41 Å². The molecule has 3 aliphatic rings. The third-order valence-corrected chi connectivity index (χ3v) is 9.35. The fourth-order valence-corrected chi connectivity index (χ4v) is 6.99. The summed E-state index contributed by atoms with van der Waals surface area (Å²) in [6.07, 6.45) is 11.0. The lowest BCUT2D eigenvalue weighted by Gasteiger charge is -2.47. The molecule has 3 heterocycles. The molecule has 5 nitrogen and oxygen atoms in total. The lowest BCUT2D eigenvalue weighted by atomic mass is 9.73. The number of rotatable bonds is 3. The van der Waals surface area contributed by atoms with Crippen LogP contribution in [0, 0.1) is 5.41 Å². The number of carbonyl (C=O) groups is 1. The van der Waals surface area contributed by atoms with Crippen LogP contribution in [0.25, 0.3) is 0 Å². The van der Waals surface area contributed by atoms with E-state index in [4.69, 9.17) is 4.74 Å². The van der Waals surface area contributed by atoms with Crippen LogP contribution in [0.2, 0.25) is 0 Å². The van der Waals surface area contributed by atoms with Crippen molar-refractivity contribution >= 4 is 5.91 Å². The van der Waals surface area contributed by atoms with Gasteiger partial charge < -0.3 is 14.5 Å². The Morgan fingerprint density at radius 1 is 0.842 bits per heavy atom. The highest BCUT2D eigenvalue weighted by Gasteiger charge is 2.38. The zero-order valence-corrected chi connectivity index (χ0v) is 23.5. The fraction of sp³-hybridized carbons (Fsp3) is 0.606. The van der Waals surface area contributed by atoms with Gasteiger partial charge in [0, 0.05) is 32.6 Å². The largest absolute Gasteiger partial charge is 0.493 e. The second kappa shape index (κ2) is 13.1. The van der Waals surface area contributed by atoms with Crippen molar-refractivity contribution in [3.05, 3.63) is 65.7 Å². The van der Waals surface area contributed by atoms with E-state index < -0.39 is 0 Å². The number of hydrogen-bond donors (Lipinski definition) is 0. The molecule has 2 fully saturated rings.